The highest BCUT2D eigenvalue weighted by Gasteiger charge is 2.12. The maximum atomic E-state index is 5.86. The van der Waals surface area contributed by atoms with Crippen molar-refractivity contribution in [1.82, 2.24) is 4.90 Å². The summed E-state index contributed by atoms with van der Waals surface area (Å²) in [5.74, 6) is 0. The number of nitrogens with zero attached hydrogens (tertiary/aromatic N) is 1. The zero-order valence-corrected chi connectivity index (χ0v) is 8.76. The summed E-state index contributed by atoms with van der Waals surface area (Å²) >= 11 is 0. The average Bonchev–Trinajstić information content (AvgIpc) is 1.84. The van der Waals surface area contributed by atoms with Crippen LogP contribution in [0.2, 0.25) is 0 Å². The van der Waals surface area contributed by atoms with Gasteiger partial charge in [-0.2, -0.15) is 0 Å². The summed E-state index contributed by atoms with van der Waals surface area (Å²) in [5.41, 5.74) is 5.75. The third kappa shape index (κ3) is 7.98. The summed E-state index contributed by atoms with van der Waals surface area (Å²) in [5, 5.41) is 0. The predicted molar refractivity (Wildman–Crippen MR) is 52.3 cm³/mol. The lowest BCUT2D eigenvalue weighted by atomic mass is 10.1. The molecule has 0 aliphatic carbocycles. The first-order valence-electron chi connectivity index (χ1n) is 4.51. The van der Waals surface area contributed by atoms with E-state index in [-0.39, 0.29) is 5.54 Å². The lowest BCUT2D eigenvalue weighted by Crippen LogP contribution is -2.44. The van der Waals surface area contributed by atoms with Crippen LogP contribution >= 0.6 is 0 Å². The highest BCUT2D eigenvalue weighted by Crippen LogP contribution is 1.98. The molecule has 12 heavy (non-hydrogen) atoms. The molecule has 0 aromatic heterocycles. The van der Waals surface area contributed by atoms with E-state index in [0.717, 1.165) is 26.3 Å². The van der Waals surface area contributed by atoms with Crippen molar-refractivity contribution in [1.29, 1.82) is 0 Å². The van der Waals surface area contributed by atoms with Crippen LogP contribution in [0.3, 0.4) is 0 Å². The van der Waals surface area contributed by atoms with Crippen molar-refractivity contribution in [2.24, 2.45) is 5.73 Å². The Bertz CT molecular complexity index is 110. The van der Waals surface area contributed by atoms with Gasteiger partial charge in [0.05, 0.1) is 6.61 Å². The van der Waals surface area contributed by atoms with Gasteiger partial charge in [0, 0.05) is 25.2 Å². The summed E-state index contributed by atoms with van der Waals surface area (Å²) in [7, 11) is 2.06. The number of ether oxygens (including phenoxy) is 1. The van der Waals surface area contributed by atoms with E-state index in [1.165, 1.54) is 0 Å². The lowest BCUT2D eigenvalue weighted by Gasteiger charge is -2.26. The number of hydrogen-bond donors (Lipinski definition) is 1. The molecule has 0 bridgehead atoms. The van der Waals surface area contributed by atoms with Gasteiger partial charge in [0.2, 0.25) is 0 Å². The SMILES string of the molecule is CCOCCN(C)CC(C)(C)N. The van der Waals surface area contributed by atoms with Crippen LogP contribution in [0.5, 0.6) is 0 Å². The zero-order valence-electron chi connectivity index (χ0n) is 8.76. The van der Waals surface area contributed by atoms with Crippen LogP contribution in [-0.2, 0) is 4.74 Å². The molecule has 0 atom stereocenters. The highest BCUT2D eigenvalue weighted by atomic mass is 16.5. The molecule has 0 aliphatic heterocycles. The van der Waals surface area contributed by atoms with Gasteiger partial charge in [-0.05, 0) is 27.8 Å². The van der Waals surface area contributed by atoms with Crippen LogP contribution in [0.4, 0.5) is 0 Å². The summed E-state index contributed by atoms with van der Waals surface area (Å²) in [6, 6.07) is 0. The van der Waals surface area contributed by atoms with Crippen molar-refractivity contribution in [3.8, 4) is 0 Å². The second-order valence-corrected chi connectivity index (χ2v) is 3.92. The number of rotatable bonds is 6. The zero-order chi connectivity index (χ0) is 9.61. The third-order valence-corrected chi connectivity index (χ3v) is 1.50. The topological polar surface area (TPSA) is 38.5 Å². The van der Waals surface area contributed by atoms with Crippen LogP contribution in [0.25, 0.3) is 0 Å². The van der Waals surface area contributed by atoms with Gasteiger partial charge in [-0.25, -0.2) is 0 Å². The molecule has 0 fully saturated rings. The number of nitrogens with two attached hydrogens (primary N) is 1. The molecule has 2 N–H and O–H groups in total. The summed E-state index contributed by atoms with van der Waals surface area (Å²) < 4.78 is 5.24. The molecule has 0 aliphatic rings. The van der Waals surface area contributed by atoms with Crippen molar-refractivity contribution in [2.45, 2.75) is 26.3 Å². The largest absolute Gasteiger partial charge is 0.380 e. The standard InChI is InChI=1S/C9H22N2O/c1-5-12-7-6-11(4)8-9(2,3)10/h5-8,10H2,1-4H3. The molecular formula is C9H22N2O. The van der Waals surface area contributed by atoms with E-state index in [1.54, 1.807) is 0 Å². The van der Waals surface area contributed by atoms with Crippen molar-refractivity contribution < 1.29 is 4.74 Å². The van der Waals surface area contributed by atoms with Crippen molar-refractivity contribution in [3.05, 3.63) is 0 Å². The first-order chi connectivity index (χ1) is 5.45. The molecule has 0 radical (unpaired) electrons. The monoisotopic (exact) mass is 174 g/mol. The molecule has 74 valence electrons. The maximum absolute atomic E-state index is 5.86. The van der Waals surface area contributed by atoms with E-state index in [2.05, 4.69) is 11.9 Å². The van der Waals surface area contributed by atoms with Gasteiger partial charge < -0.3 is 15.4 Å². The molecule has 0 spiro atoms. The van der Waals surface area contributed by atoms with E-state index in [4.69, 9.17) is 10.5 Å². The quantitative estimate of drug-likeness (QED) is 0.602. The molecule has 3 heteroatoms. The number of likely N-dealkylation sites (N-methyl/N-ethyl adjacent to an activating group) is 1. The van der Waals surface area contributed by atoms with E-state index in [0.29, 0.717) is 0 Å². The minimum Gasteiger partial charge on any atom is -0.380 e. The highest BCUT2D eigenvalue weighted by molar-refractivity contribution is 4.75. The molecular weight excluding hydrogens is 152 g/mol. The Morgan fingerprint density at radius 2 is 2.00 bits per heavy atom. The van der Waals surface area contributed by atoms with E-state index >= 15 is 0 Å². The van der Waals surface area contributed by atoms with Gasteiger partial charge in [-0.3, -0.25) is 0 Å². The second kappa shape index (κ2) is 5.51. The minimum atomic E-state index is -0.110. The third-order valence-electron chi connectivity index (χ3n) is 1.50. The Hall–Kier alpha value is -0.120. The fourth-order valence-corrected chi connectivity index (χ4v) is 1.14. The van der Waals surface area contributed by atoms with Gasteiger partial charge in [-0.15, -0.1) is 0 Å². The molecule has 0 saturated heterocycles. The molecule has 0 aromatic carbocycles. The smallest absolute Gasteiger partial charge is 0.0593 e. The molecule has 0 heterocycles. The van der Waals surface area contributed by atoms with Gasteiger partial charge in [0.15, 0.2) is 0 Å². The van der Waals surface area contributed by atoms with E-state index < -0.39 is 0 Å². The van der Waals surface area contributed by atoms with Gasteiger partial charge in [0.1, 0.15) is 0 Å². The van der Waals surface area contributed by atoms with Gasteiger partial charge >= 0.3 is 0 Å². The van der Waals surface area contributed by atoms with Crippen LogP contribution in [0.15, 0.2) is 0 Å². The summed E-state index contributed by atoms with van der Waals surface area (Å²) in [4.78, 5) is 2.19. The Balaban J connectivity index is 3.40. The Kier molecular flexibility index (Phi) is 5.46. The molecule has 0 amide bonds. The molecule has 0 rings (SSSR count). The maximum Gasteiger partial charge on any atom is 0.0593 e. The van der Waals surface area contributed by atoms with E-state index in [9.17, 15) is 0 Å². The van der Waals surface area contributed by atoms with E-state index in [1.807, 2.05) is 20.8 Å². The fourth-order valence-electron chi connectivity index (χ4n) is 1.14. The molecule has 3 nitrogen and oxygen atoms in total. The summed E-state index contributed by atoms with van der Waals surface area (Å²) in [6.45, 7) is 9.51. The first-order valence-corrected chi connectivity index (χ1v) is 4.51. The second-order valence-electron chi connectivity index (χ2n) is 3.92. The molecule has 0 saturated carbocycles. The van der Waals surface area contributed by atoms with Gasteiger partial charge in [0.25, 0.3) is 0 Å². The van der Waals surface area contributed by atoms with Crippen molar-refractivity contribution in [3.63, 3.8) is 0 Å². The predicted octanol–water partition coefficient (Wildman–Crippen LogP) is 0.692. The van der Waals surface area contributed by atoms with Crippen molar-refractivity contribution in [2.75, 3.05) is 33.4 Å². The molecule has 0 aromatic rings. The lowest BCUT2D eigenvalue weighted by molar-refractivity contribution is 0.116. The van der Waals surface area contributed by atoms with Crippen molar-refractivity contribution >= 4 is 0 Å². The normalized spacial score (nSPS) is 12.5. The van der Waals surface area contributed by atoms with Crippen LogP contribution in [-0.4, -0.2) is 43.8 Å². The van der Waals surface area contributed by atoms with Gasteiger partial charge in [-0.1, -0.05) is 0 Å². The van der Waals surface area contributed by atoms with Crippen LogP contribution in [0.1, 0.15) is 20.8 Å². The average molecular weight is 174 g/mol. The fraction of sp³-hybridized carbons (Fsp3) is 1.00. The Morgan fingerprint density at radius 3 is 2.42 bits per heavy atom. The Labute approximate surface area is 75.9 Å². The molecule has 0 unspecified atom stereocenters. The first kappa shape index (κ1) is 11.9. The summed E-state index contributed by atoms with van der Waals surface area (Å²) in [6.07, 6.45) is 0. The van der Waals surface area contributed by atoms with Crippen LogP contribution < -0.4 is 5.73 Å². The minimum absolute atomic E-state index is 0.110. The van der Waals surface area contributed by atoms with Crippen LogP contribution in [0, 0.1) is 0 Å². The Morgan fingerprint density at radius 1 is 1.42 bits per heavy atom. The number of hydrogen-bond acceptors (Lipinski definition) is 3.